The van der Waals surface area contributed by atoms with Crippen molar-refractivity contribution in [2.75, 3.05) is 21.3 Å². The van der Waals surface area contributed by atoms with E-state index in [1.165, 1.54) is 14.2 Å². The van der Waals surface area contributed by atoms with Gasteiger partial charge in [0.15, 0.2) is 0 Å². The molecule has 2 aromatic rings. The Bertz CT molecular complexity index is 590. The molecule has 0 saturated heterocycles. The summed E-state index contributed by atoms with van der Waals surface area (Å²) in [6.45, 7) is 0. The van der Waals surface area contributed by atoms with E-state index in [2.05, 4.69) is 0 Å². The van der Waals surface area contributed by atoms with Gasteiger partial charge in [0.2, 0.25) is 0 Å². The number of hydrogen-bond donors (Lipinski definition) is 0. The molecule has 0 aliphatic rings. The fraction of sp³-hybridized carbons (Fsp3) is 0.214. The fourth-order valence-electron chi connectivity index (χ4n) is 1.82. The maximum Gasteiger partial charge on any atom is 0.341 e. The molecular weight excluding hydrogens is 232 g/mol. The summed E-state index contributed by atoms with van der Waals surface area (Å²) in [5, 5.41) is 1.87. The minimum atomic E-state index is -0.412. The number of fused-ring (bicyclic) bond motifs is 1. The lowest BCUT2D eigenvalue weighted by atomic mass is 10.1. The first-order chi connectivity index (χ1) is 8.69. The van der Waals surface area contributed by atoms with Gasteiger partial charge in [0.05, 0.1) is 21.3 Å². The zero-order valence-corrected chi connectivity index (χ0v) is 10.5. The molecule has 94 valence electrons. The van der Waals surface area contributed by atoms with Crippen LogP contribution >= 0.6 is 0 Å². The summed E-state index contributed by atoms with van der Waals surface area (Å²) in [5.41, 5.74) is 0.415. The highest BCUT2D eigenvalue weighted by molar-refractivity contribution is 5.99. The lowest BCUT2D eigenvalue weighted by Crippen LogP contribution is -2.04. The highest BCUT2D eigenvalue weighted by Crippen LogP contribution is 2.29. The average Bonchev–Trinajstić information content (AvgIpc) is 2.44. The molecule has 2 rings (SSSR count). The summed E-state index contributed by atoms with van der Waals surface area (Å²) in [7, 11) is 4.48. The molecule has 0 amide bonds. The number of carbonyl (C=O) groups excluding carboxylic acids is 1. The average molecular weight is 246 g/mol. The topological polar surface area (TPSA) is 44.8 Å². The minimum Gasteiger partial charge on any atom is -0.497 e. The van der Waals surface area contributed by atoms with Gasteiger partial charge in [0.1, 0.15) is 17.1 Å². The van der Waals surface area contributed by atoms with Crippen LogP contribution < -0.4 is 9.47 Å². The number of ether oxygens (including phenoxy) is 3. The van der Waals surface area contributed by atoms with Crippen LogP contribution in [0.25, 0.3) is 10.8 Å². The first-order valence-corrected chi connectivity index (χ1v) is 5.43. The van der Waals surface area contributed by atoms with E-state index in [1.807, 2.05) is 18.2 Å². The molecule has 0 aliphatic carbocycles. The summed E-state index contributed by atoms with van der Waals surface area (Å²) in [6.07, 6.45) is 0. The lowest BCUT2D eigenvalue weighted by Gasteiger charge is -2.09. The molecule has 0 N–H and O–H groups in total. The van der Waals surface area contributed by atoms with Gasteiger partial charge in [0.25, 0.3) is 0 Å². The second-order valence-corrected chi connectivity index (χ2v) is 3.76. The Labute approximate surface area is 105 Å². The SMILES string of the molecule is COC(=O)c1cc2ccc(OC)cc2cc1OC. The molecule has 4 nitrogen and oxygen atoms in total. The maximum absolute atomic E-state index is 11.6. The maximum atomic E-state index is 11.6. The second kappa shape index (κ2) is 4.96. The molecule has 0 bridgehead atoms. The lowest BCUT2D eigenvalue weighted by molar-refractivity contribution is 0.0597. The van der Waals surface area contributed by atoms with E-state index in [-0.39, 0.29) is 0 Å². The summed E-state index contributed by atoms with van der Waals surface area (Å²) < 4.78 is 15.1. The number of carbonyl (C=O) groups is 1. The Morgan fingerprint density at radius 2 is 1.72 bits per heavy atom. The Hall–Kier alpha value is -2.23. The molecule has 0 aromatic heterocycles. The van der Waals surface area contributed by atoms with Crippen LogP contribution in [0.15, 0.2) is 30.3 Å². The summed E-state index contributed by atoms with van der Waals surface area (Å²) in [6, 6.07) is 9.17. The van der Waals surface area contributed by atoms with E-state index < -0.39 is 5.97 Å². The van der Waals surface area contributed by atoms with Gasteiger partial charge in [-0.05, 0) is 35.0 Å². The normalized spacial score (nSPS) is 10.2. The van der Waals surface area contributed by atoms with Gasteiger partial charge >= 0.3 is 5.97 Å². The Balaban J connectivity index is 2.64. The molecule has 0 radical (unpaired) electrons. The largest absolute Gasteiger partial charge is 0.497 e. The van der Waals surface area contributed by atoms with E-state index >= 15 is 0 Å². The van der Waals surface area contributed by atoms with Crippen LogP contribution in [0, 0.1) is 0 Å². The van der Waals surface area contributed by atoms with E-state index in [0.29, 0.717) is 11.3 Å². The van der Waals surface area contributed by atoms with Crippen LogP contribution in [-0.4, -0.2) is 27.3 Å². The Kier molecular flexibility index (Phi) is 3.37. The summed E-state index contributed by atoms with van der Waals surface area (Å²) in [5.74, 6) is 0.836. The Morgan fingerprint density at radius 3 is 2.33 bits per heavy atom. The van der Waals surface area contributed by atoms with Crippen molar-refractivity contribution in [1.82, 2.24) is 0 Å². The standard InChI is InChI=1S/C14H14O4/c1-16-11-5-4-9-7-12(14(15)18-3)13(17-2)8-10(9)6-11/h4-8H,1-3H3. The predicted molar refractivity (Wildman–Crippen MR) is 68.4 cm³/mol. The van der Waals surface area contributed by atoms with Crippen molar-refractivity contribution < 1.29 is 19.0 Å². The zero-order chi connectivity index (χ0) is 13.1. The van der Waals surface area contributed by atoms with Crippen molar-refractivity contribution >= 4 is 16.7 Å². The molecular formula is C14H14O4. The Morgan fingerprint density at radius 1 is 0.944 bits per heavy atom. The van der Waals surface area contributed by atoms with E-state index in [0.717, 1.165) is 16.5 Å². The monoisotopic (exact) mass is 246 g/mol. The smallest absolute Gasteiger partial charge is 0.341 e. The number of rotatable bonds is 3. The van der Waals surface area contributed by atoms with Crippen molar-refractivity contribution in [2.24, 2.45) is 0 Å². The molecule has 0 saturated carbocycles. The van der Waals surface area contributed by atoms with Crippen molar-refractivity contribution in [3.63, 3.8) is 0 Å². The fourth-order valence-corrected chi connectivity index (χ4v) is 1.82. The quantitative estimate of drug-likeness (QED) is 0.781. The molecule has 0 fully saturated rings. The van der Waals surface area contributed by atoms with Crippen molar-refractivity contribution in [1.29, 1.82) is 0 Å². The van der Waals surface area contributed by atoms with Gasteiger partial charge in [-0.3, -0.25) is 0 Å². The van der Waals surface area contributed by atoms with Crippen molar-refractivity contribution in [2.45, 2.75) is 0 Å². The highest BCUT2D eigenvalue weighted by Gasteiger charge is 2.14. The molecule has 4 heteroatoms. The molecule has 2 aromatic carbocycles. The van der Waals surface area contributed by atoms with E-state index in [9.17, 15) is 4.79 Å². The van der Waals surface area contributed by atoms with Gasteiger partial charge in [-0.25, -0.2) is 4.79 Å². The van der Waals surface area contributed by atoms with Crippen LogP contribution in [0.3, 0.4) is 0 Å². The number of benzene rings is 2. The van der Waals surface area contributed by atoms with E-state index in [4.69, 9.17) is 14.2 Å². The molecule has 0 atom stereocenters. The van der Waals surface area contributed by atoms with Gasteiger partial charge in [0, 0.05) is 0 Å². The van der Waals surface area contributed by atoms with E-state index in [1.54, 1.807) is 19.2 Å². The van der Waals surface area contributed by atoms with Crippen LogP contribution in [-0.2, 0) is 4.74 Å². The molecule has 0 aliphatic heterocycles. The van der Waals surface area contributed by atoms with Crippen LogP contribution in [0.4, 0.5) is 0 Å². The highest BCUT2D eigenvalue weighted by atomic mass is 16.5. The molecule has 0 heterocycles. The molecule has 18 heavy (non-hydrogen) atoms. The van der Waals surface area contributed by atoms with Gasteiger partial charge in [-0.2, -0.15) is 0 Å². The van der Waals surface area contributed by atoms with Crippen molar-refractivity contribution in [3.05, 3.63) is 35.9 Å². The second-order valence-electron chi connectivity index (χ2n) is 3.76. The number of methoxy groups -OCH3 is 3. The first kappa shape index (κ1) is 12.2. The third-order valence-corrected chi connectivity index (χ3v) is 2.77. The van der Waals surface area contributed by atoms with Crippen molar-refractivity contribution in [3.8, 4) is 11.5 Å². The number of hydrogen-bond acceptors (Lipinski definition) is 4. The van der Waals surface area contributed by atoms with Crippen LogP contribution in [0.5, 0.6) is 11.5 Å². The van der Waals surface area contributed by atoms with Gasteiger partial charge in [-0.15, -0.1) is 0 Å². The zero-order valence-electron chi connectivity index (χ0n) is 10.5. The first-order valence-electron chi connectivity index (χ1n) is 5.43. The van der Waals surface area contributed by atoms with Gasteiger partial charge < -0.3 is 14.2 Å². The molecule has 0 unspecified atom stereocenters. The molecule has 0 spiro atoms. The van der Waals surface area contributed by atoms with Gasteiger partial charge in [-0.1, -0.05) is 6.07 Å². The summed E-state index contributed by atoms with van der Waals surface area (Å²) in [4.78, 5) is 11.6. The third kappa shape index (κ3) is 2.09. The third-order valence-electron chi connectivity index (χ3n) is 2.77. The predicted octanol–water partition coefficient (Wildman–Crippen LogP) is 2.64. The number of esters is 1. The van der Waals surface area contributed by atoms with Crippen LogP contribution in [0.2, 0.25) is 0 Å². The summed E-state index contributed by atoms with van der Waals surface area (Å²) >= 11 is 0. The minimum absolute atomic E-state index is 0.412. The van der Waals surface area contributed by atoms with Crippen LogP contribution in [0.1, 0.15) is 10.4 Å².